The van der Waals surface area contributed by atoms with E-state index in [4.69, 9.17) is 9.05 Å². The van der Waals surface area contributed by atoms with Crippen LogP contribution in [-0.2, 0) is 20.7 Å². The predicted octanol–water partition coefficient (Wildman–Crippen LogP) is 9.27. The van der Waals surface area contributed by atoms with Gasteiger partial charge in [-0.2, -0.15) is 0 Å². The summed E-state index contributed by atoms with van der Waals surface area (Å²) < 4.78 is 25.6. The zero-order chi connectivity index (χ0) is 25.5. The lowest BCUT2D eigenvalue weighted by Gasteiger charge is -2.30. The minimum atomic E-state index is -3.49. The average molecular weight is 499 g/mol. The Hall–Kier alpha value is -2.03. The lowest BCUT2D eigenvalue weighted by Crippen LogP contribution is -2.18. The number of aromatic hydroxyl groups is 1. The molecule has 0 fully saturated rings. The van der Waals surface area contributed by atoms with E-state index in [9.17, 15) is 9.67 Å². The van der Waals surface area contributed by atoms with Gasteiger partial charge in [-0.3, -0.25) is 0 Å². The number of hydrogen-bond acceptors (Lipinski definition) is 4. The number of hydrogen-bond donors (Lipinski definition) is 1. The monoisotopic (exact) mass is 498 g/mol. The standard InChI is InChI=1S/C30H43O4P/c1-6-7-8-12-18-30(3,4)26-20-27(31)29(25-17-13-14-23(2)19-25)28(21-26)34-35(32,33-5)22-24-15-10-9-11-16-24/h9-11,15-16,19-21,25,31H,6-8,12-14,17-18,22H2,1-5H3. The molecule has 0 aromatic heterocycles. The fraction of sp³-hybridized carbons (Fsp3) is 0.533. The summed E-state index contributed by atoms with van der Waals surface area (Å²) in [6, 6.07) is 13.5. The largest absolute Gasteiger partial charge is 0.507 e. The quantitative estimate of drug-likeness (QED) is 0.180. The van der Waals surface area contributed by atoms with E-state index >= 15 is 0 Å². The Labute approximate surface area is 212 Å². The van der Waals surface area contributed by atoms with Gasteiger partial charge in [0.15, 0.2) is 0 Å². The summed E-state index contributed by atoms with van der Waals surface area (Å²) >= 11 is 0. The fourth-order valence-corrected chi connectivity index (χ4v) is 6.40. The maximum atomic E-state index is 13.8. The Morgan fingerprint density at radius 1 is 1.11 bits per heavy atom. The summed E-state index contributed by atoms with van der Waals surface area (Å²) in [6.07, 6.45) is 11.2. The third kappa shape index (κ3) is 7.48. The number of phenolic OH excluding ortho intramolecular Hbond substituents is 1. The van der Waals surface area contributed by atoms with Crippen LogP contribution < -0.4 is 4.52 Å². The molecule has 0 saturated carbocycles. The topological polar surface area (TPSA) is 55.8 Å². The molecular weight excluding hydrogens is 455 g/mol. The van der Waals surface area contributed by atoms with Crippen LogP contribution in [0.15, 0.2) is 54.1 Å². The Bertz CT molecular complexity index is 1040. The molecule has 0 bridgehead atoms. The van der Waals surface area contributed by atoms with Gasteiger partial charge in [0.2, 0.25) is 0 Å². The van der Waals surface area contributed by atoms with Gasteiger partial charge >= 0.3 is 7.60 Å². The molecule has 0 amide bonds. The Morgan fingerprint density at radius 2 is 1.86 bits per heavy atom. The van der Waals surface area contributed by atoms with Crippen molar-refractivity contribution >= 4 is 7.60 Å². The highest BCUT2D eigenvalue weighted by atomic mass is 31.2. The molecule has 1 N–H and O–H groups in total. The first kappa shape index (κ1) is 27.6. The molecule has 35 heavy (non-hydrogen) atoms. The van der Waals surface area contributed by atoms with E-state index in [1.54, 1.807) is 0 Å². The first-order chi connectivity index (χ1) is 16.7. The van der Waals surface area contributed by atoms with Gasteiger partial charge in [0.1, 0.15) is 11.5 Å². The van der Waals surface area contributed by atoms with E-state index in [0.29, 0.717) is 5.75 Å². The maximum absolute atomic E-state index is 13.8. The van der Waals surface area contributed by atoms with Gasteiger partial charge < -0.3 is 14.2 Å². The van der Waals surface area contributed by atoms with Gasteiger partial charge in [0.05, 0.1) is 6.16 Å². The van der Waals surface area contributed by atoms with Crippen molar-refractivity contribution in [2.24, 2.45) is 0 Å². The van der Waals surface area contributed by atoms with Gasteiger partial charge in [-0.25, -0.2) is 4.57 Å². The highest BCUT2D eigenvalue weighted by Crippen LogP contribution is 2.54. The summed E-state index contributed by atoms with van der Waals surface area (Å²) in [5.74, 6) is 0.735. The van der Waals surface area contributed by atoms with Crippen molar-refractivity contribution in [1.29, 1.82) is 0 Å². The summed E-state index contributed by atoms with van der Waals surface area (Å²) in [5, 5.41) is 11.3. The highest BCUT2D eigenvalue weighted by molar-refractivity contribution is 7.53. The van der Waals surface area contributed by atoms with E-state index < -0.39 is 7.60 Å². The minimum Gasteiger partial charge on any atom is -0.507 e. The molecule has 1 aliphatic carbocycles. The van der Waals surface area contributed by atoms with Crippen molar-refractivity contribution in [2.75, 3.05) is 7.11 Å². The zero-order valence-corrected chi connectivity index (χ0v) is 23.1. The number of rotatable bonds is 12. The van der Waals surface area contributed by atoms with Gasteiger partial charge in [0.25, 0.3) is 0 Å². The second kappa shape index (κ2) is 12.3. The lowest BCUT2D eigenvalue weighted by molar-refractivity contribution is 0.317. The van der Waals surface area contributed by atoms with Crippen LogP contribution in [0.25, 0.3) is 0 Å². The van der Waals surface area contributed by atoms with Gasteiger partial charge in [-0.05, 0) is 61.3 Å². The van der Waals surface area contributed by atoms with Crippen molar-refractivity contribution in [1.82, 2.24) is 0 Å². The first-order valence-corrected chi connectivity index (χ1v) is 14.8. The van der Waals surface area contributed by atoms with E-state index in [1.165, 1.54) is 31.9 Å². The molecule has 2 unspecified atom stereocenters. The van der Waals surface area contributed by atoms with Gasteiger partial charge in [-0.1, -0.05) is 88.4 Å². The van der Waals surface area contributed by atoms with Crippen molar-refractivity contribution < 1.29 is 18.7 Å². The van der Waals surface area contributed by atoms with Crippen molar-refractivity contribution in [2.45, 2.75) is 96.6 Å². The van der Waals surface area contributed by atoms with Crippen molar-refractivity contribution in [3.63, 3.8) is 0 Å². The van der Waals surface area contributed by atoms with Crippen LogP contribution >= 0.6 is 7.60 Å². The molecular formula is C30H43O4P. The smallest absolute Gasteiger partial charge is 0.383 e. The second-order valence-corrected chi connectivity index (χ2v) is 12.7. The molecule has 5 heteroatoms. The van der Waals surface area contributed by atoms with Gasteiger partial charge in [0, 0.05) is 18.6 Å². The molecule has 1 aliphatic rings. The molecule has 0 aliphatic heterocycles. The zero-order valence-electron chi connectivity index (χ0n) is 22.2. The van der Waals surface area contributed by atoms with Crippen LogP contribution in [0.5, 0.6) is 11.5 Å². The molecule has 0 radical (unpaired) electrons. The van der Waals surface area contributed by atoms with Crippen LogP contribution in [0, 0.1) is 0 Å². The Kier molecular flexibility index (Phi) is 9.67. The molecule has 0 heterocycles. The summed E-state index contributed by atoms with van der Waals surface area (Å²) in [6.45, 7) is 8.77. The number of unbranched alkanes of at least 4 members (excludes halogenated alkanes) is 3. The van der Waals surface area contributed by atoms with Crippen molar-refractivity contribution in [3.05, 3.63) is 70.8 Å². The third-order valence-electron chi connectivity index (χ3n) is 7.23. The molecule has 0 saturated heterocycles. The summed E-state index contributed by atoms with van der Waals surface area (Å²) in [5.41, 5.74) is 3.79. The van der Waals surface area contributed by atoms with Crippen LogP contribution in [0.4, 0.5) is 0 Å². The summed E-state index contributed by atoms with van der Waals surface area (Å²) in [4.78, 5) is 0. The minimum absolute atomic E-state index is 0.0301. The van der Waals surface area contributed by atoms with Crippen LogP contribution in [0.2, 0.25) is 0 Å². The van der Waals surface area contributed by atoms with E-state index in [2.05, 4.69) is 33.8 Å². The lowest BCUT2D eigenvalue weighted by atomic mass is 9.78. The highest BCUT2D eigenvalue weighted by Gasteiger charge is 2.32. The average Bonchev–Trinajstić information content (AvgIpc) is 2.82. The molecule has 2 aromatic carbocycles. The van der Waals surface area contributed by atoms with Crippen LogP contribution in [0.3, 0.4) is 0 Å². The first-order valence-electron chi connectivity index (χ1n) is 13.1. The third-order valence-corrected chi connectivity index (χ3v) is 9.02. The van der Waals surface area contributed by atoms with E-state index in [0.717, 1.165) is 48.8 Å². The fourth-order valence-electron chi connectivity index (χ4n) is 5.02. The normalized spacial score (nSPS) is 18.1. The molecule has 4 nitrogen and oxygen atoms in total. The number of allylic oxidation sites excluding steroid dienone is 2. The predicted molar refractivity (Wildman–Crippen MR) is 146 cm³/mol. The molecule has 2 aromatic rings. The molecule has 192 valence electrons. The molecule has 0 spiro atoms. The SMILES string of the molecule is CCCCCCC(C)(C)c1cc(O)c(C2C=C(C)CCC2)c(OP(=O)(Cc2ccccc2)OC)c1. The van der Waals surface area contributed by atoms with Gasteiger partial charge in [-0.15, -0.1) is 0 Å². The Balaban J connectivity index is 2.01. The number of benzene rings is 2. The van der Waals surface area contributed by atoms with Crippen LogP contribution in [0.1, 0.15) is 102 Å². The molecule has 3 rings (SSSR count). The second-order valence-electron chi connectivity index (χ2n) is 10.6. The molecule has 2 atom stereocenters. The Morgan fingerprint density at radius 3 is 2.51 bits per heavy atom. The van der Waals surface area contributed by atoms with E-state index in [1.807, 2.05) is 42.5 Å². The summed E-state index contributed by atoms with van der Waals surface area (Å²) in [7, 11) is -2.05. The number of phenols is 1. The maximum Gasteiger partial charge on any atom is 0.383 e. The van der Waals surface area contributed by atoms with E-state index in [-0.39, 0.29) is 23.2 Å². The van der Waals surface area contributed by atoms with Crippen LogP contribution in [-0.4, -0.2) is 12.2 Å². The van der Waals surface area contributed by atoms with Crippen molar-refractivity contribution in [3.8, 4) is 11.5 Å².